The van der Waals surface area contributed by atoms with E-state index in [1.165, 1.54) is 5.57 Å². The maximum atomic E-state index is 4.37. The van der Waals surface area contributed by atoms with Gasteiger partial charge in [-0.1, -0.05) is 30.3 Å². The van der Waals surface area contributed by atoms with Gasteiger partial charge in [0.1, 0.15) is 12.2 Å². The van der Waals surface area contributed by atoms with Gasteiger partial charge < -0.3 is 0 Å². The predicted octanol–water partition coefficient (Wildman–Crippen LogP) is 2.96. The van der Waals surface area contributed by atoms with Gasteiger partial charge in [-0.25, -0.2) is 0 Å². The van der Waals surface area contributed by atoms with Crippen LogP contribution in [0.3, 0.4) is 0 Å². The minimum absolute atomic E-state index is 0.726. The SMILES string of the molecule is [C+]1=CC=C(CN=Cc2ccccc2)C=C1. The summed E-state index contributed by atoms with van der Waals surface area (Å²) in [5, 5.41) is 0. The highest BCUT2D eigenvalue weighted by Gasteiger charge is 1.99. The second kappa shape index (κ2) is 5.04. The molecule has 1 aliphatic carbocycles. The van der Waals surface area contributed by atoms with Crippen molar-refractivity contribution in [3.63, 3.8) is 0 Å². The molecule has 0 bridgehead atoms. The summed E-state index contributed by atoms with van der Waals surface area (Å²) in [6.07, 6.45) is 12.8. The number of rotatable bonds is 3. The van der Waals surface area contributed by atoms with Crippen LogP contribution in [0.5, 0.6) is 0 Å². The molecule has 0 atom stereocenters. The smallest absolute Gasteiger partial charge is 0.103 e. The van der Waals surface area contributed by atoms with Gasteiger partial charge >= 0.3 is 0 Å². The first-order valence-corrected chi connectivity index (χ1v) is 4.95. The minimum Gasteiger partial charge on any atom is -0.285 e. The lowest BCUT2D eigenvalue weighted by molar-refractivity contribution is 1.19. The van der Waals surface area contributed by atoms with Crippen LogP contribution in [0.15, 0.2) is 65.2 Å². The first kappa shape index (κ1) is 9.57. The summed E-state index contributed by atoms with van der Waals surface area (Å²) < 4.78 is 0. The van der Waals surface area contributed by atoms with E-state index in [1.54, 1.807) is 0 Å². The average Bonchev–Trinajstić information content (AvgIpc) is 2.32. The highest BCUT2D eigenvalue weighted by Crippen LogP contribution is 2.03. The van der Waals surface area contributed by atoms with Crippen LogP contribution < -0.4 is 0 Å². The Kier molecular flexibility index (Phi) is 3.22. The fourth-order valence-corrected chi connectivity index (χ4v) is 1.32. The molecule has 0 heterocycles. The summed E-state index contributed by atoms with van der Waals surface area (Å²) in [6.45, 7) is 0.726. The van der Waals surface area contributed by atoms with Gasteiger partial charge in [0.2, 0.25) is 0 Å². The van der Waals surface area contributed by atoms with E-state index >= 15 is 0 Å². The van der Waals surface area contributed by atoms with Gasteiger partial charge in [0.25, 0.3) is 0 Å². The fourth-order valence-electron chi connectivity index (χ4n) is 1.32. The van der Waals surface area contributed by atoms with Gasteiger partial charge in [0.05, 0.1) is 24.3 Å². The van der Waals surface area contributed by atoms with E-state index in [4.69, 9.17) is 0 Å². The Hall–Kier alpha value is -1.98. The second-order valence-electron chi connectivity index (χ2n) is 3.29. The van der Waals surface area contributed by atoms with Crippen LogP contribution in [0.4, 0.5) is 0 Å². The van der Waals surface area contributed by atoms with E-state index in [1.807, 2.05) is 60.9 Å². The van der Waals surface area contributed by atoms with Crippen molar-refractivity contribution in [2.45, 2.75) is 0 Å². The normalized spacial score (nSPS) is 14.0. The summed E-state index contributed by atoms with van der Waals surface area (Å²) in [7, 11) is 0. The van der Waals surface area contributed by atoms with Crippen molar-refractivity contribution in [2.75, 3.05) is 6.54 Å². The van der Waals surface area contributed by atoms with Crippen LogP contribution in [-0.2, 0) is 0 Å². The van der Waals surface area contributed by atoms with E-state index in [0.29, 0.717) is 0 Å². The predicted molar refractivity (Wildman–Crippen MR) is 63.9 cm³/mol. The first-order chi connectivity index (χ1) is 7.45. The molecule has 0 saturated carbocycles. The molecule has 1 aromatic carbocycles. The summed E-state index contributed by atoms with van der Waals surface area (Å²) in [4.78, 5) is 4.37. The molecular weight excluding hydrogens is 182 g/mol. The van der Waals surface area contributed by atoms with Crippen molar-refractivity contribution < 1.29 is 0 Å². The molecule has 0 radical (unpaired) electrons. The lowest BCUT2D eigenvalue weighted by Gasteiger charge is -1.92. The molecule has 0 aliphatic heterocycles. The zero-order chi connectivity index (χ0) is 10.3. The van der Waals surface area contributed by atoms with Gasteiger partial charge in [0.15, 0.2) is 0 Å². The maximum absolute atomic E-state index is 4.37. The van der Waals surface area contributed by atoms with E-state index in [0.717, 1.165) is 12.1 Å². The Morgan fingerprint density at radius 3 is 2.80 bits per heavy atom. The van der Waals surface area contributed by atoms with Gasteiger partial charge in [-0.05, 0) is 5.56 Å². The zero-order valence-corrected chi connectivity index (χ0v) is 8.43. The van der Waals surface area contributed by atoms with Crippen LogP contribution >= 0.6 is 0 Å². The van der Waals surface area contributed by atoms with Gasteiger partial charge in [-0.15, -0.1) is 0 Å². The number of nitrogens with zero attached hydrogens (tertiary/aromatic N) is 1. The standard InChI is InChI=1S/C14H12N/c1-3-7-13(8-4-1)11-15-12-14-9-5-2-6-10-14/h1,3-11H,12H2/q+1. The highest BCUT2D eigenvalue weighted by atomic mass is 14.7. The fraction of sp³-hybridized carbons (Fsp3) is 0.0714. The number of allylic oxidation sites excluding steroid dienone is 4. The maximum Gasteiger partial charge on any atom is 0.103 e. The zero-order valence-electron chi connectivity index (χ0n) is 8.43. The van der Waals surface area contributed by atoms with E-state index in [9.17, 15) is 0 Å². The molecule has 0 amide bonds. The largest absolute Gasteiger partial charge is 0.285 e. The van der Waals surface area contributed by atoms with Crippen LogP contribution in [0.25, 0.3) is 0 Å². The third-order valence-electron chi connectivity index (χ3n) is 2.10. The van der Waals surface area contributed by atoms with Crippen molar-refractivity contribution in [1.82, 2.24) is 0 Å². The van der Waals surface area contributed by atoms with Crippen molar-refractivity contribution in [3.8, 4) is 0 Å². The van der Waals surface area contributed by atoms with Crippen LogP contribution in [-0.4, -0.2) is 12.8 Å². The van der Waals surface area contributed by atoms with E-state index in [2.05, 4.69) is 11.1 Å². The van der Waals surface area contributed by atoms with E-state index in [-0.39, 0.29) is 0 Å². The number of hydrogen-bond donors (Lipinski definition) is 0. The highest BCUT2D eigenvalue weighted by molar-refractivity contribution is 5.79. The van der Waals surface area contributed by atoms with Crippen molar-refractivity contribution in [2.24, 2.45) is 4.99 Å². The molecule has 0 spiro atoms. The quantitative estimate of drug-likeness (QED) is 0.518. The van der Waals surface area contributed by atoms with Gasteiger partial charge in [0, 0.05) is 12.3 Å². The van der Waals surface area contributed by atoms with Crippen LogP contribution in [0.2, 0.25) is 0 Å². The summed E-state index contributed by atoms with van der Waals surface area (Å²) in [5.41, 5.74) is 2.35. The summed E-state index contributed by atoms with van der Waals surface area (Å²) in [5.74, 6) is 0. The molecule has 1 heteroatoms. The lowest BCUT2D eigenvalue weighted by atomic mass is 10.1. The van der Waals surface area contributed by atoms with E-state index < -0.39 is 0 Å². The number of aliphatic imine (C=N–C) groups is 1. The molecule has 1 nitrogen and oxygen atoms in total. The molecular formula is C14H12N+. The second-order valence-corrected chi connectivity index (χ2v) is 3.29. The third-order valence-corrected chi connectivity index (χ3v) is 2.10. The summed E-state index contributed by atoms with van der Waals surface area (Å²) >= 11 is 0. The molecule has 0 aromatic heterocycles. The molecule has 1 aliphatic rings. The van der Waals surface area contributed by atoms with Crippen molar-refractivity contribution in [3.05, 3.63) is 71.8 Å². The molecule has 0 N–H and O–H groups in total. The minimum atomic E-state index is 0.726. The first-order valence-electron chi connectivity index (χ1n) is 4.95. The van der Waals surface area contributed by atoms with Crippen LogP contribution in [0, 0.1) is 6.08 Å². The average molecular weight is 194 g/mol. The number of benzene rings is 1. The molecule has 72 valence electrons. The molecule has 1 aromatic rings. The molecule has 0 saturated heterocycles. The molecule has 0 unspecified atom stereocenters. The molecule has 2 rings (SSSR count). The molecule has 0 fully saturated rings. The lowest BCUT2D eigenvalue weighted by Crippen LogP contribution is -1.88. The third kappa shape index (κ3) is 3.01. The number of hydrogen-bond acceptors (Lipinski definition) is 1. The van der Waals surface area contributed by atoms with Crippen LogP contribution in [0.1, 0.15) is 5.56 Å². The Bertz CT molecular complexity index is 422. The van der Waals surface area contributed by atoms with Crippen molar-refractivity contribution >= 4 is 6.21 Å². The Balaban J connectivity index is 1.94. The Labute approximate surface area is 90.2 Å². The summed E-state index contributed by atoms with van der Waals surface area (Å²) in [6, 6.07) is 10.1. The molecule has 15 heavy (non-hydrogen) atoms. The van der Waals surface area contributed by atoms with Gasteiger partial charge in [-0.2, -0.15) is 0 Å². The Morgan fingerprint density at radius 1 is 1.20 bits per heavy atom. The Morgan fingerprint density at radius 2 is 2.07 bits per heavy atom. The monoisotopic (exact) mass is 194 g/mol. The van der Waals surface area contributed by atoms with Crippen molar-refractivity contribution in [1.29, 1.82) is 0 Å². The topological polar surface area (TPSA) is 12.4 Å². The van der Waals surface area contributed by atoms with Gasteiger partial charge in [-0.3, -0.25) is 4.99 Å².